The number of halogens is 1. The number of nitrogens with one attached hydrogen (secondary N) is 2. The molecule has 1 fully saturated rings. The van der Waals surface area contributed by atoms with Gasteiger partial charge >= 0.3 is 0 Å². The van der Waals surface area contributed by atoms with Crippen LogP contribution in [0.25, 0.3) is 0 Å². The molecule has 0 saturated carbocycles. The summed E-state index contributed by atoms with van der Waals surface area (Å²) >= 11 is 6.08. The maximum atomic E-state index is 6.08. The van der Waals surface area contributed by atoms with E-state index in [0.29, 0.717) is 6.04 Å². The van der Waals surface area contributed by atoms with Gasteiger partial charge in [0.05, 0.1) is 0 Å². The van der Waals surface area contributed by atoms with Crippen molar-refractivity contribution in [1.82, 2.24) is 5.32 Å². The average Bonchev–Trinajstić information content (AvgIpc) is 2.25. The van der Waals surface area contributed by atoms with Crippen molar-refractivity contribution in [1.29, 1.82) is 0 Å². The highest BCUT2D eigenvalue weighted by atomic mass is 35.5. The van der Waals surface area contributed by atoms with E-state index in [-0.39, 0.29) is 0 Å². The summed E-state index contributed by atoms with van der Waals surface area (Å²) < 4.78 is 0. The first-order valence-corrected chi connectivity index (χ1v) is 5.87. The van der Waals surface area contributed by atoms with Crippen LogP contribution in [0.5, 0.6) is 0 Å². The summed E-state index contributed by atoms with van der Waals surface area (Å²) in [5, 5.41) is 7.72. The highest BCUT2D eigenvalue weighted by Gasteiger charge is 2.12. The molecule has 82 valence electrons. The monoisotopic (exact) mass is 224 g/mol. The van der Waals surface area contributed by atoms with Gasteiger partial charge in [-0.25, -0.2) is 0 Å². The third-order valence-corrected chi connectivity index (χ3v) is 3.29. The molecule has 15 heavy (non-hydrogen) atoms. The lowest BCUT2D eigenvalue weighted by Crippen LogP contribution is -2.35. The second kappa shape index (κ2) is 4.86. The number of aryl methyl sites for hydroxylation is 1. The summed E-state index contributed by atoms with van der Waals surface area (Å²) in [5.74, 6) is 0. The summed E-state index contributed by atoms with van der Waals surface area (Å²) in [4.78, 5) is 0. The van der Waals surface area contributed by atoms with E-state index in [2.05, 4.69) is 22.8 Å². The topological polar surface area (TPSA) is 24.1 Å². The van der Waals surface area contributed by atoms with Crippen molar-refractivity contribution in [3.8, 4) is 0 Å². The van der Waals surface area contributed by atoms with Crippen LogP contribution in [0.3, 0.4) is 0 Å². The van der Waals surface area contributed by atoms with Gasteiger partial charge in [-0.3, -0.25) is 0 Å². The van der Waals surface area contributed by atoms with Gasteiger partial charge in [-0.1, -0.05) is 17.7 Å². The lowest BCUT2D eigenvalue weighted by Gasteiger charge is -2.24. The molecule has 0 amide bonds. The first-order chi connectivity index (χ1) is 7.25. The van der Waals surface area contributed by atoms with Gasteiger partial charge in [0.15, 0.2) is 0 Å². The molecule has 0 atom stereocenters. The van der Waals surface area contributed by atoms with Gasteiger partial charge < -0.3 is 10.6 Å². The summed E-state index contributed by atoms with van der Waals surface area (Å²) in [6, 6.07) is 6.76. The Morgan fingerprint density at radius 1 is 1.33 bits per heavy atom. The third-order valence-electron chi connectivity index (χ3n) is 2.88. The van der Waals surface area contributed by atoms with Crippen molar-refractivity contribution in [3.63, 3.8) is 0 Å². The Morgan fingerprint density at radius 3 is 2.73 bits per heavy atom. The third kappa shape index (κ3) is 2.86. The SMILES string of the molecule is Cc1ccc(NC2CCNCC2)cc1Cl. The number of benzene rings is 1. The standard InChI is InChI=1S/C12H17ClN2/c1-9-2-3-11(8-12(9)13)15-10-4-6-14-7-5-10/h2-3,8,10,14-15H,4-7H2,1H3. The number of hydrogen-bond donors (Lipinski definition) is 2. The molecule has 1 aliphatic heterocycles. The predicted octanol–water partition coefficient (Wildman–Crippen LogP) is 2.81. The van der Waals surface area contributed by atoms with E-state index in [9.17, 15) is 0 Å². The molecule has 1 heterocycles. The van der Waals surface area contributed by atoms with E-state index < -0.39 is 0 Å². The smallest absolute Gasteiger partial charge is 0.0455 e. The molecule has 1 aliphatic rings. The first kappa shape index (κ1) is 10.8. The maximum Gasteiger partial charge on any atom is 0.0455 e. The lowest BCUT2D eigenvalue weighted by atomic mass is 10.1. The van der Waals surface area contributed by atoms with Crippen LogP contribution in [0.4, 0.5) is 5.69 Å². The molecule has 3 heteroatoms. The second-order valence-corrected chi connectivity index (χ2v) is 4.54. The molecule has 2 N–H and O–H groups in total. The molecular formula is C12H17ClN2. The zero-order valence-electron chi connectivity index (χ0n) is 9.02. The summed E-state index contributed by atoms with van der Waals surface area (Å²) in [6.07, 6.45) is 2.37. The molecule has 1 aromatic carbocycles. The fraction of sp³-hybridized carbons (Fsp3) is 0.500. The van der Waals surface area contributed by atoms with Crippen LogP contribution in [0.2, 0.25) is 5.02 Å². The van der Waals surface area contributed by atoms with Crippen molar-refractivity contribution in [2.45, 2.75) is 25.8 Å². The number of hydrogen-bond acceptors (Lipinski definition) is 2. The molecule has 0 bridgehead atoms. The molecule has 1 saturated heterocycles. The highest BCUT2D eigenvalue weighted by Crippen LogP contribution is 2.21. The molecule has 0 aromatic heterocycles. The van der Waals surface area contributed by atoms with E-state index in [4.69, 9.17) is 11.6 Å². The Bertz CT molecular complexity index is 332. The Morgan fingerprint density at radius 2 is 2.07 bits per heavy atom. The summed E-state index contributed by atoms with van der Waals surface area (Å²) in [6.45, 7) is 4.24. The molecule has 2 nitrogen and oxygen atoms in total. The molecule has 2 rings (SSSR count). The Balaban J connectivity index is 2.00. The molecule has 0 aliphatic carbocycles. The summed E-state index contributed by atoms with van der Waals surface area (Å²) in [5.41, 5.74) is 2.27. The number of piperidine rings is 1. The van der Waals surface area contributed by atoms with Crippen LogP contribution in [0.15, 0.2) is 18.2 Å². The van der Waals surface area contributed by atoms with Crippen LogP contribution >= 0.6 is 11.6 Å². The minimum absolute atomic E-state index is 0.588. The summed E-state index contributed by atoms with van der Waals surface area (Å²) in [7, 11) is 0. The Hall–Kier alpha value is -0.730. The minimum Gasteiger partial charge on any atom is -0.382 e. The zero-order valence-corrected chi connectivity index (χ0v) is 9.77. The first-order valence-electron chi connectivity index (χ1n) is 5.49. The largest absolute Gasteiger partial charge is 0.382 e. The zero-order chi connectivity index (χ0) is 10.7. The van der Waals surface area contributed by atoms with Crippen LogP contribution < -0.4 is 10.6 Å². The Kier molecular flexibility index (Phi) is 3.49. The normalized spacial score (nSPS) is 17.7. The fourth-order valence-electron chi connectivity index (χ4n) is 1.88. The van der Waals surface area contributed by atoms with Gasteiger partial charge in [0.25, 0.3) is 0 Å². The van der Waals surface area contributed by atoms with Gasteiger partial charge in [0, 0.05) is 16.8 Å². The lowest BCUT2D eigenvalue weighted by molar-refractivity contribution is 0.479. The fourth-order valence-corrected chi connectivity index (χ4v) is 2.07. The van der Waals surface area contributed by atoms with E-state index in [1.165, 1.54) is 12.8 Å². The van der Waals surface area contributed by atoms with Crippen LogP contribution in [0, 0.1) is 6.92 Å². The average molecular weight is 225 g/mol. The van der Waals surface area contributed by atoms with Crippen molar-refractivity contribution >= 4 is 17.3 Å². The van der Waals surface area contributed by atoms with Gasteiger partial charge in [-0.05, 0) is 50.6 Å². The van der Waals surface area contributed by atoms with E-state index in [1.807, 2.05) is 13.0 Å². The van der Waals surface area contributed by atoms with Gasteiger partial charge in [0.2, 0.25) is 0 Å². The maximum absolute atomic E-state index is 6.08. The minimum atomic E-state index is 0.588. The van der Waals surface area contributed by atoms with Gasteiger partial charge in [-0.2, -0.15) is 0 Å². The molecule has 1 aromatic rings. The van der Waals surface area contributed by atoms with E-state index in [0.717, 1.165) is 29.4 Å². The number of anilines is 1. The van der Waals surface area contributed by atoms with E-state index in [1.54, 1.807) is 0 Å². The Labute approximate surface area is 96.0 Å². The predicted molar refractivity (Wildman–Crippen MR) is 65.7 cm³/mol. The molecule has 0 unspecified atom stereocenters. The quantitative estimate of drug-likeness (QED) is 0.808. The van der Waals surface area contributed by atoms with Crippen LogP contribution in [-0.4, -0.2) is 19.1 Å². The van der Waals surface area contributed by atoms with E-state index >= 15 is 0 Å². The van der Waals surface area contributed by atoms with Crippen LogP contribution in [0.1, 0.15) is 18.4 Å². The van der Waals surface area contributed by atoms with Crippen LogP contribution in [-0.2, 0) is 0 Å². The van der Waals surface area contributed by atoms with Crippen molar-refractivity contribution in [2.24, 2.45) is 0 Å². The van der Waals surface area contributed by atoms with Gasteiger partial charge in [0.1, 0.15) is 0 Å². The van der Waals surface area contributed by atoms with Crippen molar-refractivity contribution in [2.75, 3.05) is 18.4 Å². The van der Waals surface area contributed by atoms with Gasteiger partial charge in [-0.15, -0.1) is 0 Å². The molecular weight excluding hydrogens is 208 g/mol. The second-order valence-electron chi connectivity index (χ2n) is 4.13. The highest BCUT2D eigenvalue weighted by molar-refractivity contribution is 6.31. The van der Waals surface area contributed by atoms with Crippen molar-refractivity contribution < 1.29 is 0 Å². The molecule has 0 radical (unpaired) electrons. The van der Waals surface area contributed by atoms with Crippen molar-refractivity contribution in [3.05, 3.63) is 28.8 Å². The molecule has 0 spiro atoms. The number of rotatable bonds is 2.